The predicted molar refractivity (Wildman–Crippen MR) is 42.3 cm³/mol. The highest BCUT2D eigenvalue weighted by Crippen LogP contribution is 1.99. The summed E-state index contributed by atoms with van der Waals surface area (Å²) in [6, 6.07) is 0. The van der Waals surface area contributed by atoms with Crippen molar-refractivity contribution in [2.45, 2.75) is 6.10 Å². The Morgan fingerprint density at radius 3 is 2.82 bits per heavy atom. The van der Waals surface area contributed by atoms with Crippen LogP contribution in [0.4, 0.5) is 0 Å². The van der Waals surface area contributed by atoms with E-state index in [0.717, 1.165) is 6.54 Å². The molecule has 1 N–H and O–H groups in total. The number of rotatable bonds is 2. The second-order valence-corrected chi connectivity index (χ2v) is 4.97. The van der Waals surface area contributed by atoms with Crippen molar-refractivity contribution in [2.75, 3.05) is 31.7 Å². The first-order valence-corrected chi connectivity index (χ1v) is 5.64. The van der Waals surface area contributed by atoms with Crippen LogP contribution in [0.1, 0.15) is 0 Å². The molecule has 0 aromatic rings. The van der Waals surface area contributed by atoms with Crippen LogP contribution < -0.4 is 5.32 Å². The molecule has 1 aliphatic rings. The number of hydrogen-bond acceptors (Lipinski definition) is 4. The van der Waals surface area contributed by atoms with Crippen LogP contribution in [-0.2, 0) is 14.6 Å². The molecule has 5 heteroatoms. The van der Waals surface area contributed by atoms with E-state index in [2.05, 4.69) is 5.32 Å². The van der Waals surface area contributed by atoms with Crippen LogP contribution in [0.5, 0.6) is 0 Å². The molecule has 1 rings (SSSR count). The molecule has 1 heterocycles. The first kappa shape index (κ1) is 8.96. The Labute approximate surface area is 66.8 Å². The van der Waals surface area contributed by atoms with Gasteiger partial charge >= 0.3 is 0 Å². The van der Waals surface area contributed by atoms with E-state index in [9.17, 15) is 8.42 Å². The molecule has 1 fully saturated rings. The van der Waals surface area contributed by atoms with Gasteiger partial charge in [-0.25, -0.2) is 8.42 Å². The molecule has 0 unspecified atom stereocenters. The quantitative estimate of drug-likeness (QED) is 0.592. The topological polar surface area (TPSA) is 55.4 Å². The van der Waals surface area contributed by atoms with Gasteiger partial charge in [-0.2, -0.15) is 0 Å². The van der Waals surface area contributed by atoms with Gasteiger partial charge in [-0.15, -0.1) is 0 Å². The van der Waals surface area contributed by atoms with Crippen molar-refractivity contribution < 1.29 is 13.2 Å². The second kappa shape index (κ2) is 3.51. The van der Waals surface area contributed by atoms with E-state index in [1.165, 1.54) is 6.26 Å². The monoisotopic (exact) mass is 179 g/mol. The summed E-state index contributed by atoms with van der Waals surface area (Å²) < 4.78 is 26.8. The Morgan fingerprint density at radius 2 is 2.36 bits per heavy atom. The average molecular weight is 179 g/mol. The first-order chi connectivity index (χ1) is 5.08. The van der Waals surface area contributed by atoms with Crippen molar-refractivity contribution in [3.63, 3.8) is 0 Å². The molecule has 0 amide bonds. The minimum absolute atomic E-state index is 0.125. The van der Waals surface area contributed by atoms with Gasteiger partial charge in [-0.1, -0.05) is 0 Å². The highest BCUT2D eigenvalue weighted by molar-refractivity contribution is 7.90. The smallest absolute Gasteiger partial charge is 0.150 e. The lowest BCUT2D eigenvalue weighted by molar-refractivity contribution is 0.0431. The maximum atomic E-state index is 10.8. The molecule has 0 bridgehead atoms. The lowest BCUT2D eigenvalue weighted by atomic mass is 10.3. The molecule has 0 spiro atoms. The second-order valence-electron chi connectivity index (χ2n) is 2.79. The van der Waals surface area contributed by atoms with Crippen molar-refractivity contribution in [3.05, 3.63) is 0 Å². The standard InChI is InChI=1S/C6H13NO3S/c1-11(8,9)5-6-4-7-2-3-10-6/h6-7H,2-5H2,1H3/t6-/m1/s1. The van der Waals surface area contributed by atoms with Gasteiger partial charge in [0.1, 0.15) is 9.84 Å². The third-order valence-corrected chi connectivity index (χ3v) is 2.47. The summed E-state index contributed by atoms with van der Waals surface area (Å²) in [7, 11) is -2.89. The molecular weight excluding hydrogens is 166 g/mol. The van der Waals surface area contributed by atoms with Crippen LogP contribution in [0.2, 0.25) is 0 Å². The molecule has 1 atom stereocenters. The fourth-order valence-corrected chi connectivity index (χ4v) is 1.95. The number of morpholine rings is 1. The predicted octanol–water partition coefficient (Wildman–Crippen LogP) is -0.981. The summed E-state index contributed by atoms with van der Waals surface area (Å²) in [6.45, 7) is 2.08. The van der Waals surface area contributed by atoms with Crippen molar-refractivity contribution in [3.8, 4) is 0 Å². The zero-order valence-electron chi connectivity index (χ0n) is 6.54. The molecule has 1 saturated heterocycles. The Hall–Kier alpha value is -0.130. The van der Waals surface area contributed by atoms with Gasteiger partial charge in [0.15, 0.2) is 0 Å². The van der Waals surface area contributed by atoms with Gasteiger partial charge in [0.05, 0.1) is 18.5 Å². The van der Waals surface area contributed by atoms with E-state index in [1.807, 2.05) is 0 Å². The molecule has 0 radical (unpaired) electrons. The zero-order valence-corrected chi connectivity index (χ0v) is 7.36. The van der Waals surface area contributed by atoms with E-state index in [1.54, 1.807) is 0 Å². The first-order valence-electron chi connectivity index (χ1n) is 3.58. The molecule has 11 heavy (non-hydrogen) atoms. The summed E-state index contributed by atoms with van der Waals surface area (Å²) in [5, 5.41) is 3.07. The van der Waals surface area contributed by atoms with E-state index >= 15 is 0 Å². The third-order valence-electron chi connectivity index (χ3n) is 1.49. The van der Waals surface area contributed by atoms with E-state index in [4.69, 9.17) is 4.74 Å². The van der Waals surface area contributed by atoms with Crippen LogP contribution in [0.3, 0.4) is 0 Å². The lowest BCUT2D eigenvalue weighted by Gasteiger charge is -2.22. The van der Waals surface area contributed by atoms with Gasteiger partial charge < -0.3 is 10.1 Å². The molecule has 0 aliphatic carbocycles. The van der Waals surface area contributed by atoms with E-state index < -0.39 is 9.84 Å². The summed E-state index contributed by atoms with van der Waals surface area (Å²) in [4.78, 5) is 0. The normalized spacial score (nSPS) is 26.8. The van der Waals surface area contributed by atoms with Crippen LogP contribution in [0, 0.1) is 0 Å². The maximum Gasteiger partial charge on any atom is 0.150 e. The van der Waals surface area contributed by atoms with Crippen molar-refractivity contribution in [1.29, 1.82) is 0 Å². The van der Waals surface area contributed by atoms with Crippen molar-refractivity contribution in [1.82, 2.24) is 5.32 Å². The minimum atomic E-state index is -2.89. The molecular formula is C6H13NO3S. The molecule has 66 valence electrons. The molecule has 4 nitrogen and oxygen atoms in total. The van der Waals surface area contributed by atoms with E-state index in [0.29, 0.717) is 13.2 Å². The SMILES string of the molecule is CS(=O)(=O)C[C@H]1CNCCO1. The van der Waals surface area contributed by atoms with Crippen molar-refractivity contribution in [2.24, 2.45) is 0 Å². The largest absolute Gasteiger partial charge is 0.375 e. The fraction of sp³-hybridized carbons (Fsp3) is 1.00. The molecule has 0 aromatic carbocycles. The lowest BCUT2D eigenvalue weighted by Crippen LogP contribution is -2.41. The summed E-state index contributed by atoms with van der Waals surface area (Å²) in [5.41, 5.74) is 0. The van der Waals surface area contributed by atoms with Gasteiger partial charge in [-0.05, 0) is 0 Å². The zero-order chi connectivity index (χ0) is 8.32. The molecule has 0 aromatic heterocycles. The highest BCUT2D eigenvalue weighted by atomic mass is 32.2. The third kappa shape index (κ3) is 3.69. The van der Waals surface area contributed by atoms with Crippen LogP contribution in [0.15, 0.2) is 0 Å². The van der Waals surface area contributed by atoms with Crippen LogP contribution >= 0.6 is 0 Å². The van der Waals surface area contributed by atoms with Crippen LogP contribution in [-0.4, -0.2) is 46.2 Å². The minimum Gasteiger partial charge on any atom is -0.375 e. The average Bonchev–Trinajstić information content (AvgIpc) is 1.85. The number of ether oxygens (including phenoxy) is 1. The van der Waals surface area contributed by atoms with Gasteiger partial charge in [0.25, 0.3) is 0 Å². The molecule has 1 aliphatic heterocycles. The fourth-order valence-electron chi connectivity index (χ4n) is 1.06. The highest BCUT2D eigenvalue weighted by Gasteiger charge is 2.17. The Kier molecular flexibility index (Phi) is 2.86. The Morgan fingerprint density at radius 1 is 1.64 bits per heavy atom. The van der Waals surface area contributed by atoms with Gasteiger partial charge in [0, 0.05) is 19.3 Å². The van der Waals surface area contributed by atoms with Gasteiger partial charge in [0.2, 0.25) is 0 Å². The van der Waals surface area contributed by atoms with Crippen molar-refractivity contribution >= 4 is 9.84 Å². The Bertz CT molecular complexity index is 206. The van der Waals surface area contributed by atoms with Crippen LogP contribution in [0.25, 0.3) is 0 Å². The summed E-state index contributed by atoms with van der Waals surface area (Å²) >= 11 is 0. The summed E-state index contributed by atoms with van der Waals surface area (Å²) in [6.07, 6.45) is 1.07. The maximum absolute atomic E-state index is 10.8. The Balaban J connectivity index is 2.36. The molecule has 0 saturated carbocycles. The number of nitrogens with one attached hydrogen (secondary N) is 1. The number of sulfone groups is 1. The summed E-state index contributed by atoms with van der Waals surface area (Å²) in [5.74, 6) is 0.125. The van der Waals surface area contributed by atoms with Gasteiger partial charge in [-0.3, -0.25) is 0 Å². The number of hydrogen-bond donors (Lipinski definition) is 1. The van der Waals surface area contributed by atoms with E-state index in [-0.39, 0.29) is 11.9 Å².